The lowest BCUT2D eigenvalue weighted by Crippen LogP contribution is -1.93. The fourth-order valence-corrected chi connectivity index (χ4v) is 0.827. The number of hydrogen-bond donors (Lipinski definition) is 1. The molecule has 0 unspecified atom stereocenters. The van der Waals surface area contributed by atoms with E-state index >= 15 is 0 Å². The van der Waals surface area contributed by atoms with Crippen molar-refractivity contribution < 1.29 is 9.13 Å². The number of benzene rings is 1. The lowest BCUT2D eigenvalue weighted by atomic mass is 10.2. The summed E-state index contributed by atoms with van der Waals surface area (Å²) in [4.78, 5) is 0. The summed E-state index contributed by atoms with van der Waals surface area (Å²) < 4.78 is 17.5. The monoisotopic (exact) mass is 155 g/mol. The van der Waals surface area contributed by atoms with Crippen molar-refractivity contribution in [2.45, 2.75) is 6.61 Å². The van der Waals surface area contributed by atoms with Crippen molar-refractivity contribution in [2.24, 2.45) is 0 Å². The number of nitrogen functional groups attached to an aromatic ring is 1. The fraction of sp³-hybridized carbons (Fsp3) is 0.250. The van der Waals surface area contributed by atoms with Crippen LogP contribution in [0.5, 0.6) is 0 Å². The normalized spacial score (nSPS) is 10.0. The van der Waals surface area contributed by atoms with Crippen LogP contribution in [0, 0.1) is 5.82 Å². The Kier molecular flexibility index (Phi) is 2.44. The van der Waals surface area contributed by atoms with Gasteiger partial charge in [-0.25, -0.2) is 4.39 Å². The minimum atomic E-state index is -0.389. The second-order valence-corrected chi connectivity index (χ2v) is 2.29. The minimum absolute atomic E-state index is 0.171. The number of rotatable bonds is 2. The van der Waals surface area contributed by atoms with Gasteiger partial charge in [0, 0.05) is 7.11 Å². The van der Waals surface area contributed by atoms with Crippen LogP contribution in [0.4, 0.5) is 10.1 Å². The molecular formula is C8H10FNO. The highest BCUT2D eigenvalue weighted by Gasteiger charge is 1.98. The molecule has 0 aliphatic carbocycles. The van der Waals surface area contributed by atoms with E-state index in [0.717, 1.165) is 5.56 Å². The Balaban J connectivity index is 2.86. The first-order valence-corrected chi connectivity index (χ1v) is 3.27. The molecule has 1 rings (SSSR count). The Bertz CT molecular complexity index is 250. The van der Waals surface area contributed by atoms with E-state index in [0.29, 0.717) is 6.61 Å². The van der Waals surface area contributed by atoms with Gasteiger partial charge >= 0.3 is 0 Å². The molecule has 0 saturated carbocycles. The molecule has 0 amide bonds. The van der Waals surface area contributed by atoms with Crippen LogP contribution in [-0.4, -0.2) is 7.11 Å². The van der Waals surface area contributed by atoms with Crippen molar-refractivity contribution in [2.75, 3.05) is 12.8 Å². The summed E-state index contributed by atoms with van der Waals surface area (Å²) in [6.07, 6.45) is 0. The van der Waals surface area contributed by atoms with Crippen LogP contribution in [0.25, 0.3) is 0 Å². The first-order chi connectivity index (χ1) is 5.24. The van der Waals surface area contributed by atoms with Crippen LogP contribution < -0.4 is 5.73 Å². The number of halogens is 1. The van der Waals surface area contributed by atoms with Gasteiger partial charge in [-0.2, -0.15) is 0 Å². The third kappa shape index (κ3) is 1.91. The van der Waals surface area contributed by atoms with Crippen molar-refractivity contribution in [3.8, 4) is 0 Å². The van der Waals surface area contributed by atoms with Gasteiger partial charge in [-0.3, -0.25) is 0 Å². The maximum absolute atomic E-state index is 12.7. The molecule has 0 aliphatic rings. The minimum Gasteiger partial charge on any atom is -0.396 e. The third-order valence-corrected chi connectivity index (χ3v) is 1.38. The summed E-state index contributed by atoms with van der Waals surface area (Å²) in [6, 6.07) is 4.64. The van der Waals surface area contributed by atoms with E-state index in [2.05, 4.69) is 0 Å². The molecule has 11 heavy (non-hydrogen) atoms. The van der Waals surface area contributed by atoms with Gasteiger partial charge in [0.25, 0.3) is 0 Å². The van der Waals surface area contributed by atoms with E-state index < -0.39 is 0 Å². The van der Waals surface area contributed by atoms with E-state index in [1.807, 2.05) is 0 Å². The van der Waals surface area contributed by atoms with Crippen molar-refractivity contribution in [3.05, 3.63) is 29.6 Å². The van der Waals surface area contributed by atoms with Crippen LogP contribution in [0.1, 0.15) is 5.56 Å². The number of anilines is 1. The number of ether oxygens (including phenoxy) is 1. The van der Waals surface area contributed by atoms with Gasteiger partial charge in [0.05, 0.1) is 12.3 Å². The molecule has 0 radical (unpaired) electrons. The molecule has 0 aliphatic heterocycles. The van der Waals surface area contributed by atoms with Crippen molar-refractivity contribution in [3.63, 3.8) is 0 Å². The Morgan fingerprint density at radius 1 is 1.55 bits per heavy atom. The molecule has 1 aromatic carbocycles. The summed E-state index contributed by atoms with van der Waals surface area (Å²) >= 11 is 0. The molecule has 2 N–H and O–H groups in total. The Hall–Kier alpha value is -1.09. The van der Waals surface area contributed by atoms with Gasteiger partial charge < -0.3 is 10.5 Å². The predicted octanol–water partition coefficient (Wildman–Crippen LogP) is 1.55. The highest BCUT2D eigenvalue weighted by Crippen LogP contribution is 2.11. The van der Waals surface area contributed by atoms with Crippen LogP contribution in [0.3, 0.4) is 0 Å². The van der Waals surface area contributed by atoms with Gasteiger partial charge in [-0.1, -0.05) is 6.07 Å². The van der Waals surface area contributed by atoms with E-state index in [1.54, 1.807) is 13.2 Å². The SMILES string of the molecule is COCc1ccc(N)c(F)c1. The molecule has 0 bridgehead atoms. The first-order valence-electron chi connectivity index (χ1n) is 3.27. The zero-order chi connectivity index (χ0) is 8.27. The van der Waals surface area contributed by atoms with Crippen LogP contribution in [0.15, 0.2) is 18.2 Å². The zero-order valence-electron chi connectivity index (χ0n) is 6.30. The average Bonchev–Trinajstić information content (AvgIpc) is 1.98. The quantitative estimate of drug-likeness (QED) is 0.658. The number of methoxy groups -OCH3 is 1. The molecule has 2 nitrogen and oxygen atoms in total. The molecule has 0 atom stereocenters. The maximum atomic E-state index is 12.7. The van der Waals surface area contributed by atoms with Gasteiger partial charge in [0.2, 0.25) is 0 Å². The highest BCUT2D eigenvalue weighted by atomic mass is 19.1. The molecular weight excluding hydrogens is 145 g/mol. The van der Waals surface area contributed by atoms with Crippen LogP contribution in [0.2, 0.25) is 0 Å². The largest absolute Gasteiger partial charge is 0.396 e. The molecule has 3 heteroatoms. The Morgan fingerprint density at radius 3 is 2.82 bits per heavy atom. The predicted molar refractivity (Wildman–Crippen MR) is 41.5 cm³/mol. The fourth-order valence-electron chi connectivity index (χ4n) is 0.827. The van der Waals surface area contributed by atoms with Gasteiger partial charge in [0.1, 0.15) is 5.82 Å². The molecule has 0 spiro atoms. The van der Waals surface area contributed by atoms with Crippen molar-refractivity contribution in [1.82, 2.24) is 0 Å². The van der Waals surface area contributed by atoms with Gasteiger partial charge in [-0.05, 0) is 17.7 Å². The second-order valence-electron chi connectivity index (χ2n) is 2.29. The molecule has 0 aromatic heterocycles. The van der Waals surface area contributed by atoms with Crippen molar-refractivity contribution >= 4 is 5.69 Å². The van der Waals surface area contributed by atoms with Crippen LogP contribution >= 0.6 is 0 Å². The standard InChI is InChI=1S/C8H10FNO/c1-11-5-6-2-3-8(10)7(9)4-6/h2-4H,5,10H2,1H3. The second kappa shape index (κ2) is 3.34. The van der Waals surface area contributed by atoms with E-state index in [1.165, 1.54) is 12.1 Å². The summed E-state index contributed by atoms with van der Waals surface area (Å²) in [7, 11) is 1.56. The lowest BCUT2D eigenvalue weighted by molar-refractivity contribution is 0.184. The van der Waals surface area contributed by atoms with E-state index in [-0.39, 0.29) is 11.5 Å². The first kappa shape index (κ1) is 8.01. The maximum Gasteiger partial charge on any atom is 0.146 e. The lowest BCUT2D eigenvalue weighted by Gasteiger charge is -2.00. The number of hydrogen-bond acceptors (Lipinski definition) is 2. The Morgan fingerprint density at radius 2 is 2.27 bits per heavy atom. The van der Waals surface area contributed by atoms with Crippen LogP contribution in [-0.2, 0) is 11.3 Å². The Labute approximate surface area is 64.8 Å². The number of nitrogens with two attached hydrogens (primary N) is 1. The van der Waals surface area contributed by atoms with E-state index in [4.69, 9.17) is 10.5 Å². The van der Waals surface area contributed by atoms with Gasteiger partial charge in [0.15, 0.2) is 0 Å². The third-order valence-electron chi connectivity index (χ3n) is 1.38. The molecule has 0 heterocycles. The molecule has 0 fully saturated rings. The van der Waals surface area contributed by atoms with E-state index in [9.17, 15) is 4.39 Å². The smallest absolute Gasteiger partial charge is 0.146 e. The highest BCUT2D eigenvalue weighted by molar-refractivity contribution is 5.41. The topological polar surface area (TPSA) is 35.2 Å². The average molecular weight is 155 g/mol. The van der Waals surface area contributed by atoms with Crippen molar-refractivity contribution in [1.29, 1.82) is 0 Å². The summed E-state index contributed by atoms with van der Waals surface area (Å²) in [5, 5.41) is 0. The summed E-state index contributed by atoms with van der Waals surface area (Å²) in [5.74, 6) is -0.389. The van der Waals surface area contributed by atoms with Gasteiger partial charge in [-0.15, -0.1) is 0 Å². The molecule has 60 valence electrons. The molecule has 0 saturated heterocycles. The zero-order valence-corrected chi connectivity index (χ0v) is 6.30. The molecule has 1 aromatic rings. The summed E-state index contributed by atoms with van der Waals surface area (Å²) in [5.41, 5.74) is 6.23. The summed E-state index contributed by atoms with van der Waals surface area (Å²) in [6.45, 7) is 0.414.